The Morgan fingerprint density at radius 3 is 2.57 bits per heavy atom. The van der Waals surface area contributed by atoms with E-state index in [1.807, 2.05) is 18.2 Å². The van der Waals surface area contributed by atoms with Crippen molar-refractivity contribution >= 4 is 29.1 Å². The van der Waals surface area contributed by atoms with E-state index in [2.05, 4.69) is 10.2 Å². The molecule has 1 heterocycles. The van der Waals surface area contributed by atoms with Crippen molar-refractivity contribution in [3.05, 3.63) is 64.5 Å². The van der Waals surface area contributed by atoms with Gasteiger partial charge >= 0.3 is 0 Å². The van der Waals surface area contributed by atoms with E-state index in [4.69, 9.17) is 32.4 Å². The van der Waals surface area contributed by atoms with Gasteiger partial charge in [0.05, 0.1) is 17.1 Å². The van der Waals surface area contributed by atoms with Crippen LogP contribution in [-0.4, -0.2) is 33.7 Å². The van der Waals surface area contributed by atoms with E-state index >= 15 is 0 Å². The summed E-state index contributed by atoms with van der Waals surface area (Å²) in [6.45, 7) is 0.175. The molecule has 3 aromatic rings. The van der Waals surface area contributed by atoms with Crippen LogP contribution in [0.3, 0.4) is 0 Å². The van der Waals surface area contributed by atoms with Gasteiger partial charge in [-0.05, 0) is 49.2 Å². The van der Waals surface area contributed by atoms with Crippen molar-refractivity contribution in [3.8, 4) is 17.2 Å². The van der Waals surface area contributed by atoms with Crippen LogP contribution in [0.1, 0.15) is 18.7 Å². The van der Waals surface area contributed by atoms with Gasteiger partial charge in [-0.1, -0.05) is 35.3 Å². The van der Waals surface area contributed by atoms with Gasteiger partial charge in [0, 0.05) is 11.1 Å². The Bertz CT molecular complexity index is 971. The van der Waals surface area contributed by atoms with E-state index in [0.717, 1.165) is 12.8 Å². The number of carbonyl (C=O) groups excluding carboxylic acids is 1. The average Bonchev–Trinajstić information content (AvgIpc) is 3.44. The van der Waals surface area contributed by atoms with Crippen molar-refractivity contribution < 1.29 is 13.9 Å². The van der Waals surface area contributed by atoms with Crippen LogP contribution in [0.25, 0.3) is 11.5 Å². The van der Waals surface area contributed by atoms with Crippen molar-refractivity contribution in [3.63, 3.8) is 0 Å². The Morgan fingerprint density at radius 2 is 1.86 bits per heavy atom. The van der Waals surface area contributed by atoms with E-state index < -0.39 is 0 Å². The minimum Gasteiger partial charge on any atom is -0.484 e. The largest absolute Gasteiger partial charge is 0.484 e. The quantitative estimate of drug-likeness (QED) is 0.561. The van der Waals surface area contributed by atoms with Gasteiger partial charge in [-0.3, -0.25) is 4.79 Å². The normalized spacial score (nSPS) is 13.4. The summed E-state index contributed by atoms with van der Waals surface area (Å²) in [5, 5.41) is 9.27. The molecule has 1 fully saturated rings. The Balaban J connectivity index is 1.42. The molecule has 1 aromatic heterocycles. The van der Waals surface area contributed by atoms with Gasteiger partial charge in [0.15, 0.2) is 6.61 Å². The molecule has 4 rings (SSSR count). The summed E-state index contributed by atoms with van der Waals surface area (Å²) in [5.41, 5.74) is 0.665. The van der Waals surface area contributed by atoms with Gasteiger partial charge in [-0.2, -0.15) is 0 Å². The van der Waals surface area contributed by atoms with Crippen molar-refractivity contribution in [1.82, 2.24) is 15.1 Å². The SMILES string of the molecule is O=C(COc1ccc(Cl)cc1)N(Cc1nnc(-c2ccccc2Cl)o1)C1CC1. The Hall–Kier alpha value is -2.57. The number of amides is 1. The minimum absolute atomic E-state index is 0.0658. The van der Waals surface area contributed by atoms with Crippen molar-refractivity contribution in [2.75, 3.05) is 6.61 Å². The second kappa shape index (κ2) is 8.20. The van der Waals surface area contributed by atoms with E-state index in [1.165, 1.54) is 0 Å². The van der Waals surface area contributed by atoms with Crippen LogP contribution in [0, 0.1) is 0 Å². The zero-order chi connectivity index (χ0) is 19.5. The standard InChI is InChI=1S/C20H17Cl2N3O3/c21-13-5-9-15(10-6-13)27-12-19(26)25(14-7-8-14)11-18-23-24-20(28-18)16-3-1-2-4-17(16)22/h1-6,9-10,14H,7-8,11-12H2. The summed E-state index contributed by atoms with van der Waals surface area (Å²) in [6.07, 6.45) is 1.91. The minimum atomic E-state index is -0.130. The number of halogens is 2. The predicted octanol–water partition coefficient (Wildman–Crippen LogP) is 4.61. The fraction of sp³-hybridized carbons (Fsp3) is 0.250. The number of carbonyl (C=O) groups is 1. The Kier molecular flexibility index (Phi) is 5.50. The molecule has 0 aliphatic heterocycles. The third-order valence-electron chi connectivity index (χ3n) is 4.36. The summed E-state index contributed by atoms with van der Waals surface area (Å²) in [5.74, 6) is 1.16. The molecule has 2 aromatic carbocycles. The molecule has 0 bridgehead atoms. The summed E-state index contributed by atoms with van der Waals surface area (Å²) in [7, 11) is 0. The summed E-state index contributed by atoms with van der Waals surface area (Å²) >= 11 is 12.0. The molecule has 1 aliphatic rings. The third-order valence-corrected chi connectivity index (χ3v) is 4.94. The van der Waals surface area contributed by atoms with Crippen LogP contribution < -0.4 is 4.74 Å². The molecule has 144 valence electrons. The summed E-state index contributed by atoms with van der Waals surface area (Å²) in [4.78, 5) is 14.4. The highest BCUT2D eigenvalue weighted by Crippen LogP contribution is 2.30. The lowest BCUT2D eigenvalue weighted by Crippen LogP contribution is -2.36. The molecule has 28 heavy (non-hydrogen) atoms. The van der Waals surface area contributed by atoms with Crippen molar-refractivity contribution in [2.45, 2.75) is 25.4 Å². The maximum absolute atomic E-state index is 12.7. The number of rotatable bonds is 7. The fourth-order valence-electron chi connectivity index (χ4n) is 2.77. The van der Waals surface area contributed by atoms with Gasteiger partial charge in [0.25, 0.3) is 5.91 Å². The first-order valence-electron chi connectivity index (χ1n) is 8.85. The topological polar surface area (TPSA) is 68.5 Å². The van der Waals surface area contributed by atoms with E-state index in [9.17, 15) is 4.79 Å². The number of benzene rings is 2. The first-order chi connectivity index (χ1) is 13.6. The number of hydrogen-bond donors (Lipinski definition) is 0. The van der Waals surface area contributed by atoms with E-state index in [0.29, 0.717) is 33.1 Å². The Morgan fingerprint density at radius 1 is 1.11 bits per heavy atom. The molecule has 6 nitrogen and oxygen atoms in total. The highest BCUT2D eigenvalue weighted by Gasteiger charge is 2.34. The van der Waals surface area contributed by atoms with Crippen LogP contribution in [0.5, 0.6) is 5.75 Å². The number of aromatic nitrogens is 2. The molecule has 0 unspecified atom stereocenters. The molecule has 1 amide bonds. The zero-order valence-corrected chi connectivity index (χ0v) is 16.4. The molecule has 0 N–H and O–H groups in total. The fourth-order valence-corrected chi connectivity index (χ4v) is 3.12. The molecule has 0 radical (unpaired) electrons. The number of nitrogens with zero attached hydrogens (tertiary/aromatic N) is 3. The second-order valence-electron chi connectivity index (χ2n) is 6.48. The molecule has 0 atom stereocenters. The van der Waals surface area contributed by atoms with E-state index in [1.54, 1.807) is 35.2 Å². The van der Waals surface area contributed by atoms with E-state index in [-0.39, 0.29) is 25.1 Å². The van der Waals surface area contributed by atoms with Crippen LogP contribution in [0.4, 0.5) is 0 Å². The number of ether oxygens (including phenoxy) is 1. The number of hydrogen-bond acceptors (Lipinski definition) is 5. The lowest BCUT2D eigenvalue weighted by atomic mass is 10.2. The second-order valence-corrected chi connectivity index (χ2v) is 7.32. The predicted molar refractivity (Wildman–Crippen MR) is 105 cm³/mol. The molecule has 1 saturated carbocycles. The molecule has 0 saturated heterocycles. The molecular weight excluding hydrogens is 401 g/mol. The summed E-state index contributed by atoms with van der Waals surface area (Å²) < 4.78 is 11.3. The lowest BCUT2D eigenvalue weighted by Gasteiger charge is -2.20. The van der Waals surface area contributed by atoms with Gasteiger partial charge < -0.3 is 14.1 Å². The van der Waals surface area contributed by atoms with Gasteiger partial charge in [0.2, 0.25) is 11.8 Å². The molecule has 0 spiro atoms. The first-order valence-corrected chi connectivity index (χ1v) is 9.61. The van der Waals surface area contributed by atoms with Gasteiger partial charge in [-0.25, -0.2) is 0 Å². The highest BCUT2D eigenvalue weighted by molar-refractivity contribution is 6.33. The molecular formula is C20H17Cl2N3O3. The highest BCUT2D eigenvalue weighted by atomic mass is 35.5. The van der Waals surface area contributed by atoms with Crippen molar-refractivity contribution in [2.24, 2.45) is 0 Å². The van der Waals surface area contributed by atoms with Gasteiger partial charge in [-0.15, -0.1) is 10.2 Å². The maximum Gasteiger partial charge on any atom is 0.261 e. The lowest BCUT2D eigenvalue weighted by molar-refractivity contribution is -0.134. The Labute approximate surface area is 172 Å². The first kappa shape index (κ1) is 18.8. The van der Waals surface area contributed by atoms with Crippen molar-refractivity contribution in [1.29, 1.82) is 0 Å². The van der Waals surface area contributed by atoms with Crippen LogP contribution in [0.15, 0.2) is 52.9 Å². The monoisotopic (exact) mass is 417 g/mol. The van der Waals surface area contributed by atoms with Crippen LogP contribution in [0.2, 0.25) is 10.0 Å². The van der Waals surface area contributed by atoms with Crippen LogP contribution >= 0.6 is 23.2 Å². The zero-order valence-electron chi connectivity index (χ0n) is 14.8. The molecule has 8 heteroatoms. The third kappa shape index (κ3) is 4.46. The summed E-state index contributed by atoms with van der Waals surface area (Å²) in [6, 6.07) is 14.3. The smallest absolute Gasteiger partial charge is 0.261 e. The van der Waals surface area contributed by atoms with Gasteiger partial charge in [0.1, 0.15) is 5.75 Å². The molecule has 1 aliphatic carbocycles. The average molecular weight is 418 g/mol. The maximum atomic E-state index is 12.7. The van der Waals surface area contributed by atoms with Crippen LogP contribution in [-0.2, 0) is 11.3 Å².